The molecule has 0 aliphatic carbocycles. The summed E-state index contributed by atoms with van der Waals surface area (Å²) in [6.07, 6.45) is 2.36. The highest BCUT2D eigenvalue weighted by Crippen LogP contribution is 2.11. The molecule has 1 aromatic rings. The molecule has 6 nitrogen and oxygen atoms in total. The third-order valence-electron chi connectivity index (χ3n) is 4.76. The molecule has 2 aliphatic rings. The van der Waals surface area contributed by atoms with E-state index in [4.69, 9.17) is 0 Å². The van der Waals surface area contributed by atoms with Gasteiger partial charge in [-0.25, -0.2) is 4.39 Å². The number of likely N-dealkylation sites (tertiary alicyclic amines) is 1. The Morgan fingerprint density at radius 1 is 0.960 bits per heavy atom. The van der Waals surface area contributed by atoms with E-state index in [0.29, 0.717) is 38.4 Å². The van der Waals surface area contributed by atoms with E-state index in [0.717, 1.165) is 13.1 Å². The fourth-order valence-corrected chi connectivity index (χ4v) is 3.36. The van der Waals surface area contributed by atoms with Crippen molar-refractivity contribution in [2.75, 3.05) is 57.7 Å². The lowest BCUT2D eigenvalue weighted by atomic mass is 10.3. The topological polar surface area (TPSA) is 55.9 Å². The van der Waals surface area contributed by atoms with Crippen molar-refractivity contribution >= 4 is 17.5 Å². The molecular weight excluding hydrogens is 323 g/mol. The lowest BCUT2D eigenvalue weighted by Gasteiger charge is -2.35. The molecule has 25 heavy (non-hydrogen) atoms. The Balaban J connectivity index is 1.39. The van der Waals surface area contributed by atoms with Crippen LogP contribution in [0.25, 0.3) is 0 Å². The van der Waals surface area contributed by atoms with Crippen molar-refractivity contribution in [1.29, 1.82) is 0 Å². The lowest BCUT2D eigenvalue weighted by Crippen LogP contribution is -2.52. The molecule has 1 N–H and O–H groups in total. The summed E-state index contributed by atoms with van der Waals surface area (Å²) >= 11 is 0. The largest absolute Gasteiger partial charge is 0.339 e. The number of carbonyl (C=O) groups is 2. The first kappa shape index (κ1) is 17.8. The maximum Gasteiger partial charge on any atom is 0.238 e. The van der Waals surface area contributed by atoms with Crippen molar-refractivity contribution in [1.82, 2.24) is 14.7 Å². The van der Waals surface area contributed by atoms with Crippen LogP contribution in [0.1, 0.15) is 12.8 Å². The van der Waals surface area contributed by atoms with Gasteiger partial charge in [0, 0.05) is 31.9 Å². The maximum absolute atomic E-state index is 13.1. The summed E-state index contributed by atoms with van der Waals surface area (Å²) in [5.41, 5.74) is 0.462. The van der Waals surface area contributed by atoms with Crippen LogP contribution < -0.4 is 5.32 Å². The van der Waals surface area contributed by atoms with E-state index in [1.54, 1.807) is 12.1 Å². The SMILES string of the molecule is O=C(CN1CCN(C(=O)CN2CCCC2)CC1)Nc1cccc(F)c1. The van der Waals surface area contributed by atoms with Crippen LogP contribution in [-0.4, -0.2) is 78.9 Å². The highest BCUT2D eigenvalue weighted by Gasteiger charge is 2.24. The number of nitrogens with one attached hydrogen (secondary N) is 1. The van der Waals surface area contributed by atoms with Gasteiger partial charge in [-0.1, -0.05) is 6.07 Å². The van der Waals surface area contributed by atoms with Gasteiger partial charge in [0.15, 0.2) is 0 Å². The van der Waals surface area contributed by atoms with Crippen LogP contribution in [0.4, 0.5) is 10.1 Å². The van der Waals surface area contributed by atoms with Crippen LogP contribution in [0, 0.1) is 5.82 Å². The third-order valence-corrected chi connectivity index (χ3v) is 4.76. The van der Waals surface area contributed by atoms with Gasteiger partial charge in [-0.05, 0) is 44.1 Å². The molecule has 2 fully saturated rings. The van der Waals surface area contributed by atoms with Gasteiger partial charge in [0.2, 0.25) is 11.8 Å². The molecule has 2 heterocycles. The summed E-state index contributed by atoms with van der Waals surface area (Å²) in [7, 11) is 0. The fraction of sp³-hybridized carbons (Fsp3) is 0.556. The van der Waals surface area contributed by atoms with E-state index in [1.807, 2.05) is 9.80 Å². The predicted octanol–water partition coefficient (Wildman–Crippen LogP) is 1.00. The third kappa shape index (κ3) is 5.24. The quantitative estimate of drug-likeness (QED) is 0.863. The van der Waals surface area contributed by atoms with Gasteiger partial charge < -0.3 is 10.2 Å². The zero-order valence-electron chi connectivity index (χ0n) is 14.4. The number of anilines is 1. The molecule has 2 aliphatic heterocycles. The second-order valence-electron chi connectivity index (χ2n) is 6.70. The molecule has 2 amide bonds. The molecular formula is C18H25FN4O2. The number of hydrogen-bond acceptors (Lipinski definition) is 4. The molecule has 136 valence electrons. The van der Waals surface area contributed by atoms with E-state index >= 15 is 0 Å². The van der Waals surface area contributed by atoms with Crippen LogP contribution in [0.3, 0.4) is 0 Å². The van der Waals surface area contributed by atoms with E-state index in [-0.39, 0.29) is 24.2 Å². The first-order valence-electron chi connectivity index (χ1n) is 8.88. The normalized spacial score (nSPS) is 19.2. The fourth-order valence-electron chi connectivity index (χ4n) is 3.36. The highest BCUT2D eigenvalue weighted by atomic mass is 19.1. The number of benzene rings is 1. The summed E-state index contributed by atoms with van der Waals surface area (Å²) in [5, 5.41) is 2.70. The van der Waals surface area contributed by atoms with Gasteiger partial charge in [-0.3, -0.25) is 19.4 Å². The number of amides is 2. The number of hydrogen-bond donors (Lipinski definition) is 1. The summed E-state index contributed by atoms with van der Waals surface area (Å²) in [5.74, 6) is -0.351. The Morgan fingerprint density at radius 3 is 2.32 bits per heavy atom. The minimum absolute atomic E-state index is 0.164. The summed E-state index contributed by atoms with van der Waals surface area (Å²) in [6.45, 7) is 5.48. The van der Waals surface area contributed by atoms with E-state index in [1.165, 1.54) is 25.0 Å². The zero-order valence-corrected chi connectivity index (χ0v) is 14.4. The van der Waals surface area contributed by atoms with Crippen molar-refractivity contribution < 1.29 is 14.0 Å². The average molecular weight is 348 g/mol. The van der Waals surface area contributed by atoms with Crippen molar-refractivity contribution in [3.8, 4) is 0 Å². The Bertz CT molecular complexity index is 611. The number of piperazine rings is 1. The molecule has 3 rings (SSSR count). The molecule has 0 radical (unpaired) electrons. The zero-order chi connectivity index (χ0) is 17.6. The highest BCUT2D eigenvalue weighted by molar-refractivity contribution is 5.92. The summed E-state index contributed by atoms with van der Waals surface area (Å²) in [6, 6.07) is 5.87. The second-order valence-corrected chi connectivity index (χ2v) is 6.70. The van der Waals surface area contributed by atoms with Crippen LogP contribution in [0.5, 0.6) is 0 Å². The van der Waals surface area contributed by atoms with Gasteiger partial charge in [-0.2, -0.15) is 0 Å². The van der Waals surface area contributed by atoms with Gasteiger partial charge in [0.05, 0.1) is 13.1 Å². The Kier molecular flexibility index (Phi) is 5.99. The number of rotatable bonds is 5. The molecule has 2 saturated heterocycles. The molecule has 0 saturated carbocycles. The Hall–Kier alpha value is -1.99. The van der Waals surface area contributed by atoms with Crippen molar-refractivity contribution in [3.05, 3.63) is 30.1 Å². The number of halogens is 1. The number of carbonyl (C=O) groups excluding carboxylic acids is 2. The van der Waals surface area contributed by atoms with E-state index < -0.39 is 0 Å². The van der Waals surface area contributed by atoms with Crippen molar-refractivity contribution in [3.63, 3.8) is 0 Å². The van der Waals surface area contributed by atoms with Gasteiger partial charge in [-0.15, -0.1) is 0 Å². The smallest absolute Gasteiger partial charge is 0.238 e. The van der Waals surface area contributed by atoms with E-state index in [9.17, 15) is 14.0 Å². The molecule has 0 aromatic heterocycles. The predicted molar refractivity (Wildman–Crippen MR) is 93.7 cm³/mol. The molecule has 0 spiro atoms. The van der Waals surface area contributed by atoms with Crippen LogP contribution in [0.15, 0.2) is 24.3 Å². The lowest BCUT2D eigenvalue weighted by molar-refractivity contribution is -0.134. The maximum atomic E-state index is 13.1. The van der Waals surface area contributed by atoms with Crippen LogP contribution >= 0.6 is 0 Å². The Morgan fingerprint density at radius 2 is 1.64 bits per heavy atom. The van der Waals surface area contributed by atoms with Crippen molar-refractivity contribution in [2.24, 2.45) is 0 Å². The average Bonchev–Trinajstić information content (AvgIpc) is 3.08. The van der Waals surface area contributed by atoms with Gasteiger partial charge in [0.1, 0.15) is 5.82 Å². The molecule has 0 bridgehead atoms. The minimum atomic E-state index is -0.372. The van der Waals surface area contributed by atoms with E-state index in [2.05, 4.69) is 10.2 Å². The van der Waals surface area contributed by atoms with Crippen LogP contribution in [0.2, 0.25) is 0 Å². The van der Waals surface area contributed by atoms with Crippen LogP contribution in [-0.2, 0) is 9.59 Å². The Labute approximate surface area is 147 Å². The first-order valence-corrected chi connectivity index (χ1v) is 8.88. The molecule has 1 aromatic carbocycles. The van der Waals surface area contributed by atoms with Gasteiger partial charge in [0.25, 0.3) is 0 Å². The minimum Gasteiger partial charge on any atom is -0.339 e. The molecule has 0 atom stereocenters. The molecule has 0 unspecified atom stereocenters. The second kappa shape index (κ2) is 8.40. The molecule has 7 heteroatoms. The number of nitrogens with zero attached hydrogens (tertiary/aromatic N) is 3. The summed E-state index contributed by atoms with van der Waals surface area (Å²) < 4.78 is 13.1. The standard InChI is InChI=1S/C18H25FN4O2/c19-15-4-3-5-16(12-15)20-17(24)13-22-8-10-23(11-9-22)18(25)14-21-6-1-2-7-21/h3-5,12H,1-2,6-11,13-14H2,(H,20,24). The summed E-state index contributed by atoms with van der Waals surface area (Å²) in [4.78, 5) is 30.5. The van der Waals surface area contributed by atoms with Gasteiger partial charge >= 0.3 is 0 Å². The monoisotopic (exact) mass is 348 g/mol. The van der Waals surface area contributed by atoms with Crippen molar-refractivity contribution in [2.45, 2.75) is 12.8 Å². The first-order chi connectivity index (χ1) is 12.1.